The molecule has 3 rings (SSSR count). The predicted octanol–water partition coefficient (Wildman–Crippen LogP) is 4.41. The van der Waals surface area contributed by atoms with E-state index >= 15 is 0 Å². The number of anilines is 1. The first-order valence-corrected chi connectivity index (χ1v) is 10.8. The average molecular weight is 479 g/mol. The van der Waals surface area contributed by atoms with Crippen molar-refractivity contribution in [2.75, 3.05) is 11.2 Å². The van der Waals surface area contributed by atoms with Gasteiger partial charge in [-0.25, -0.2) is 9.47 Å². The summed E-state index contributed by atoms with van der Waals surface area (Å²) in [7, 11) is 0. The number of amides is 3. The van der Waals surface area contributed by atoms with Crippen molar-refractivity contribution in [1.29, 1.82) is 0 Å². The van der Waals surface area contributed by atoms with Crippen LogP contribution in [0.4, 0.5) is 10.5 Å². The monoisotopic (exact) mass is 478 g/mol. The Labute approximate surface area is 193 Å². The zero-order valence-electron chi connectivity index (χ0n) is 16.9. The minimum absolute atomic E-state index is 0.290. The summed E-state index contributed by atoms with van der Waals surface area (Å²) in [5.41, 5.74) is 3.16. The summed E-state index contributed by atoms with van der Waals surface area (Å²) in [6, 6.07) is 9.90. The van der Waals surface area contributed by atoms with Crippen LogP contribution in [-0.4, -0.2) is 32.1 Å². The van der Waals surface area contributed by atoms with Crippen LogP contribution >= 0.6 is 35.0 Å². The fourth-order valence-corrected chi connectivity index (χ4v) is 4.01. The molecule has 0 fully saturated rings. The number of halogens is 2. The van der Waals surface area contributed by atoms with Crippen molar-refractivity contribution < 1.29 is 9.59 Å². The molecule has 0 aliphatic heterocycles. The van der Waals surface area contributed by atoms with E-state index in [0.717, 1.165) is 22.9 Å². The van der Waals surface area contributed by atoms with Crippen LogP contribution in [0.3, 0.4) is 0 Å². The highest BCUT2D eigenvalue weighted by Gasteiger charge is 2.22. The molecule has 0 aliphatic carbocycles. The number of nitrogen functional groups attached to an aromatic ring is 1. The van der Waals surface area contributed by atoms with Crippen LogP contribution in [0, 0.1) is 13.8 Å². The smallest absolute Gasteiger partial charge is 0.325 e. The second-order valence-electron chi connectivity index (χ2n) is 6.82. The second kappa shape index (κ2) is 9.59. The lowest BCUT2D eigenvalue weighted by molar-refractivity contribution is -0.119. The summed E-state index contributed by atoms with van der Waals surface area (Å²) in [5, 5.41) is 13.5. The van der Waals surface area contributed by atoms with Crippen LogP contribution in [-0.2, 0) is 4.79 Å². The molecule has 0 bridgehead atoms. The Balaban J connectivity index is 1.64. The van der Waals surface area contributed by atoms with Gasteiger partial charge >= 0.3 is 6.03 Å². The molecule has 8 nitrogen and oxygen atoms in total. The summed E-state index contributed by atoms with van der Waals surface area (Å²) < 4.78 is 1.24. The third kappa shape index (κ3) is 5.49. The molecule has 2 aromatic carbocycles. The van der Waals surface area contributed by atoms with Gasteiger partial charge in [-0.2, -0.15) is 0 Å². The lowest BCUT2D eigenvalue weighted by Gasteiger charge is -2.13. The number of imide groups is 1. The molecule has 3 aromatic rings. The van der Waals surface area contributed by atoms with Crippen molar-refractivity contribution in [3.05, 3.63) is 57.6 Å². The third-order valence-corrected chi connectivity index (χ3v) is 5.96. The number of aryl methyl sites for hydroxylation is 2. The van der Waals surface area contributed by atoms with E-state index in [9.17, 15) is 9.59 Å². The number of nitrogens with two attached hydrogens (primary N) is 1. The number of carbonyl (C=O) groups is 2. The van der Waals surface area contributed by atoms with E-state index < -0.39 is 17.2 Å². The maximum absolute atomic E-state index is 12.4. The van der Waals surface area contributed by atoms with Gasteiger partial charge in [-0.05, 0) is 50.6 Å². The first-order chi connectivity index (χ1) is 14.7. The molecule has 11 heteroatoms. The number of thioether (sulfide) groups is 1. The van der Waals surface area contributed by atoms with E-state index in [4.69, 9.17) is 29.0 Å². The van der Waals surface area contributed by atoms with Gasteiger partial charge in [-0.1, -0.05) is 52.7 Å². The molecule has 1 unspecified atom stereocenters. The largest absolute Gasteiger partial charge is 0.335 e. The number of rotatable bonds is 5. The van der Waals surface area contributed by atoms with Crippen LogP contribution in [0.2, 0.25) is 10.0 Å². The highest BCUT2D eigenvalue weighted by atomic mass is 35.5. The third-order valence-electron chi connectivity index (χ3n) is 4.35. The summed E-state index contributed by atoms with van der Waals surface area (Å²) in [4.78, 5) is 24.6. The number of hydrogen-bond acceptors (Lipinski definition) is 6. The minimum atomic E-state index is -0.662. The standard InChI is InChI=1S/C20H20Cl2N6O2S/c1-10-4-7-16(11(2)8-10)24-19(30)25-18(29)12(3)31-20-27-26-17(28(20)23)14-6-5-13(21)9-15(14)22/h4-9,12H,23H2,1-3H3,(H2,24,25,29,30). The number of carbonyl (C=O) groups excluding carboxylic acids is 2. The molecule has 0 aliphatic rings. The average Bonchev–Trinajstić information content (AvgIpc) is 3.04. The number of nitrogens with one attached hydrogen (secondary N) is 2. The topological polar surface area (TPSA) is 115 Å². The molecule has 1 atom stereocenters. The molecule has 3 amide bonds. The summed E-state index contributed by atoms with van der Waals surface area (Å²) in [5.74, 6) is 5.92. The molecule has 31 heavy (non-hydrogen) atoms. The van der Waals surface area contributed by atoms with E-state index in [2.05, 4.69) is 20.8 Å². The van der Waals surface area contributed by atoms with E-state index in [1.54, 1.807) is 31.2 Å². The number of urea groups is 1. The van der Waals surface area contributed by atoms with Crippen molar-refractivity contribution in [1.82, 2.24) is 20.2 Å². The maximum atomic E-state index is 12.4. The van der Waals surface area contributed by atoms with Gasteiger partial charge in [0.1, 0.15) is 0 Å². The predicted molar refractivity (Wildman–Crippen MR) is 124 cm³/mol. The number of aromatic nitrogens is 3. The van der Waals surface area contributed by atoms with E-state index in [1.165, 1.54) is 4.68 Å². The molecular weight excluding hydrogens is 459 g/mol. The van der Waals surface area contributed by atoms with E-state index in [1.807, 2.05) is 26.0 Å². The van der Waals surface area contributed by atoms with Gasteiger partial charge < -0.3 is 11.2 Å². The highest BCUT2D eigenvalue weighted by Crippen LogP contribution is 2.31. The normalized spacial score (nSPS) is 11.8. The van der Waals surface area contributed by atoms with E-state index in [-0.39, 0.29) is 0 Å². The van der Waals surface area contributed by atoms with Crippen molar-refractivity contribution in [2.24, 2.45) is 0 Å². The molecule has 0 saturated carbocycles. The summed E-state index contributed by atoms with van der Waals surface area (Å²) in [6.45, 7) is 5.47. The first kappa shape index (κ1) is 22.9. The number of benzene rings is 2. The van der Waals surface area contributed by atoms with Gasteiger partial charge in [0.25, 0.3) is 0 Å². The van der Waals surface area contributed by atoms with Gasteiger partial charge in [0.2, 0.25) is 11.1 Å². The van der Waals surface area contributed by atoms with Crippen molar-refractivity contribution in [3.63, 3.8) is 0 Å². The molecule has 162 valence electrons. The Morgan fingerprint density at radius 1 is 1.13 bits per heavy atom. The van der Waals surface area contributed by atoms with Gasteiger partial charge in [0, 0.05) is 16.3 Å². The zero-order valence-corrected chi connectivity index (χ0v) is 19.3. The van der Waals surface area contributed by atoms with Crippen molar-refractivity contribution >= 4 is 52.6 Å². The first-order valence-electron chi connectivity index (χ1n) is 9.17. The van der Waals surface area contributed by atoms with Crippen LogP contribution in [0.1, 0.15) is 18.1 Å². The molecule has 0 spiro atoms. The van der Waals surface area contributed by atoms with Crippen LogP contribution in [0.15, 0.2) is 41.6 Å². The lowest BCUT2D eigenvalue weighted by Crippen LogP contribution is -2.39. The number of hydrogen-bond donors (Lipinski definition) is 3. The van der Waals surface area contributed by atoms with E-state index in [0.29, 0.717) is 32.3 Å². The molecule has 0 radical (unpaired) electrons. The molecule has 1 aromatic heterocycles. The van der Waals surface area contributed by atoms with Gasteiger partial charge in [0.15, 0.2) is 5.82 Å². The molecule has 1 heterocycles. The zero-order chi connectivity index (χ0) is 22.7. The minimum Gasteiger partial charge on any atom is -0.335 e. The molecule has 0 saturated heterocycles. The number of nitrogens with zero attached hydrogens (tertiary/aromatic N) is 3. The van der Waals surface area contributed by atoms with Gasteiger partial charge in [-0.15, -0.1) is 10.2 Å². The Hall–Kier alpha value is -2.75. The molecule has 4 N–H and O–H groups in total. The van der Waals surface area contributed by atoms with Gasteiger partial charge in [-0.3, -0.25) is 10.1 Å². The Morgan fingerprint density at radius 3 is 2.55 bits per heavy atom. The van der Waals surface area contributed by atoms with Gasteiger partial charge in [0.05, 0.1) is 10.3 Å². The fourth-order valence-electron chi connectivity index (χ4n) is 2.74. The Kier molecular flexibility index (Phi) is 7.09. The maximum Gasteiger partial charge on any atom is 0.325 e. The summed E-state index contributed by atoms with van der Waals surface area (Å²) >= 11 is 13.2. The Morgan fingerprint density at radius 2 is 1.87 bits per heavy atom. The van der Waals surface area contributed by atoms with Crippen molar-refractivity contribution in [3.8, 4) is 11.4 Å². The van der Waals surface area contributed by atoms with Crippen LogP contribution in [0.5, 0.6) is 0 Å². The highest BCUT2D eigenvalue weighted by molar-refractivity contribution is 8.00. The molecular formula is C20H20Cl2N6O2S. The van der Waals surface area contributed by atoms with Crippen LogP contribution < -0.4 is 16.5 Å². The quantitative estimate of drug-likeness (QED) is 0.369. The fraction of sp³-hybridized carbons (Fsp3) is 0.200. The summed E-state index contributed by atoms with van der Waals surface area (Å²) in [6.07, 6.45) is 0. The van der Waals surface area contributed by atoms with Crippen LogP contribution in [0.25, 0.3) is 11.4 Å². The second-order valence-corrected chi connectivity index (χ2v) is 8.97. The Bertz CT molecular complexity index is 1150. The lowest BCUT2D eigenvalue weighted by atomic mass is 10.1. The SMILES string of the molecule is Cc1ccc(NC(=O)NC(=O)C(C)Sc2nnc(-c3ccc(Cl)cc3Cl)n2N)c(C)c1. The van der Waals surface area contributed by atoms with Crippen molar-refractivity contribution in [2.45, 2.75) is 31.2 Å².